The standard InChI is InChI=1S/C17H16O3/c1-19-16-7-6-12(11-18)8-17(16)20-15-9-13-4-2-3-5-14(13)10-15/h2-8,11,15H,9-10H2,1H3. The van der Waals surface area contributed by atoms with E-state index in [0.717, 1.165) is 19.1 Å². The predicted octanol–water partition coefficient (Wildman–Crippen LogP) is 3.05. The summed E-state index contributed by atoms with van der Waals surface area (Å²) in [5, 5.41) is 0. The minimum atomic E-state index is 0.100. The lowest BCUT2D eigenvalue weighted by molar-refractivity contribution is 0.112. The van der Waals surface area contributed by atoms with Crippen molar-refractivity contribution in [3.63, 3.8) is 0 Å². The van der Waals surface area contributed by atoms with Gasteiger partial charge < -0.3 is 9.47 Å². The van der Waals surface area contributed by atoms with Crippen LogP contribution >= 0.6 is 0 Å². The molecule has 0 aliphatic heterocycles. The van der Waals surface area contributed by atoms with Gasteiger partial charge in [-0.3, -0.25) is 4.79 Å². The van der Waals surface area contributed by atoms with Crippen molar-refractivity contribution in [3.05, 3.63) is 59.2 Å². The third-order valence-corrected chi connectivity index (χ3v) is 3.63. The zero-order valence-corrected chi connectivity index (χ0v) is 11.3. The van der Waals surface area contributed by atoms with Gasteiger partial charge in [0.15, 0.2) is 11.5 Å². The largest absolute Gasteiger partial charge is 0.493 e. The van der Waals surface area contributed by atoms with Crippen molar-refractivity contribution in [2.75, 3.05) is 7.11 Å². The molecular formula is C17H16O3. The summed E-state index contributed by atoms with van der Waals surface area (Å²) in [5.41, 5.74) is 3.27. The van der Waals surface area contributed by atoms with E-state index in [1.54, 1.807) is 25.3 Å². The number of carbonyl (C=O) groups is 1. The SMILES string of the molecule is COc1ccc(C=O)cc1OC1Cc2ccccc2C1. The summed E-state index contributed by atoms with van der Waals surface area (Å²) < 4.78 is 11.3. The van der Waals surface area contributed by atoms with E-state index in [-0.39, 0.29) is 6.10 Å². The molecular weight excluding hydrogens is 252 g/mol. The highest BCUT2D eigenvalue weighted by molar-refractivity contribution is 5.76. The Morgan fingerprint density at radius 1 is 1.05 bits per heavy atom. The average molecular weight is 268 g/mol. The number of ether oxygens (including phenoxy) is 2. The summed E-state index contributed by atoms with van der Waals surface area (Å²) in [5.74, 6) is 1.29. The molecule has 0 radical (unpaired) electrons. The van der Waals surface area contributed by atoms with Gasteiger partial charge in [0.1, 0.15) is 12.4 Å². The second kappa shape index (κ2) is 5.37. The summed E-state index contributed by atoms with van der Waals surface area (Å²) in [6, 6.07) is 13.6. The molecule has 3 heteroatoms. The highest BCUT2D eigenvalue weighted by Gasteiger charge is 2.23. The number of hydrogen-bond acceptors (Lipinski definition) is 3. The lowest BCUT2D eigenvalue weighted by atomic mass is 10.1. The molecule has 0 saturated carbocycles. The van der Waals surface area contributed by atoms with Crippen LogP contribution in [0.4, 0.5) is 0 Å². The van der Waals surface area contributed by atoms with Crippen LogP contribution in [0.15, 0.2) is 42.5 Å². The maximum Gasteiger partial charge on any atom is 0.162 e. The molecule has 0 amide bonds. The smallest absolute Gasteiger partial charge is 0.162 e. The molecule has 3 nitrogen and oxygen atoms in total. The van der Waals surface area contributed by atoms with Crippen molar-refractivity contribution in [2.45, 2.75) is 18.9 Å². The van der Waals surface area contributed by atoms with Gasteiger partial charge in [0.25, 0.3) is 0 Å². The van der Waals surface area contributed by atoms with Crippen LogP contribution in [0.1, 0.15) is 21.5 Å². The molecule has 0 N–H and O–H groups in total. The molecule has 20 heavy (non-hydrogen) atoms. The molecule has 0 fully saturated rings. The number of rotatable bonds is 4. The van der Waals surface area contributed by atoms with Crippen LogP contribution in [0.5, 0.6) is 11.5 Å². The van der Waals surface area contributed by atoms with Gasteiger partial charge in [0, 0.05) is 18.4 Å². The predicted molar refractivity (Wildman–Crippen MR) is 76.6 cm³/mol. The average Bonchev–Trinajstić information content (AvgIpc) is 2.89. The summed E-state index contributed by atoms with van der Waals surface area (Å²) in [4.78, 5) is 10.9. The molecule has 0 saturated heterocycles. The second-order valence-electron chi connectivity index (χ2n) is 4.94. The van der Waals surface area contributed by atoms with Crippen molar-refractivity contribution >= 4 is 6.29 Å². The Morgan fingerprint density at radius 2 is 1.75 bits per heavy atom. The molecule has 2 aromatic rings. The number of carbonyl (C=O) groups excluding carboxylic acids is 1. The van der Waals surface area contributed by atoms with Gasteiger partial charge in [0.2, 0.25) is 0 Å². The van der Waals surface area contributed by atoms with Crippen molar-refractivity contribution in [1.82, 2.24) is 0 Å². The highest BCUT2D eigenvalue weighted by Crippen LogP contribution is 2.32. The van der Waals surface area contributed by atoms with Crippen LogP contribution in [-0.2, 0) is 12.8 Å². The van der Waals surface area contributed by atoms with Gasteiger partial charge in [-0.2, -0.15) is 0 Å². The van der Waals surface area contributed by atoms with Crippen molar-refractivity contribution < 1.29 is 14.3 Å². The fourth-order valence-corrected chi connectivity index (χ4v) is 2.64. The van der Waals surface area contributed by atoms with Crippen LogP contribution in [0.3, 0.4) is 0 Å². The zero-order chi connectivity index (χ0) is 13.9. The topological polar surface area (TPSA) is 35.5 Å². The van der Waals surface area contributed by atoms with Crippen LogP contribution < -0.4 is 9.47 Å². The Labute approximate surface area is 118 Å². The lowest BCUT2D eigenvalue weighted by Crippen LogP contribution is -2.16. The lowest BCUT2D eigenvalue weighted by Gasteiger charge is -2.16. The molecule has 0 aromatic heterocycles. The third-order valence-electron chi connectivity index (χ3n) is 3.63. The zero-order valence-electron chi connectivity index (χ0n) is 11.3. The van der Waals surface area contributed by atoms with Gasteiger partial charge >= 0.3 is 0 Å². The highest BCUT2D eigenvalue weighted by atomic mass is 16.5. The van der Waals surface area contributed by atoms with Gasteiger partial charge in [-0.1, -0.05) is 24.3 Å². The van der Waals surface area contributed by atoms with E-state index >= 15 is 0 Å². The normalized spacial score (nSPS) is 13.8. The molecule has 3 rings (SSSR count). The van der Waals surface area contributed by atoms with E-state index in [9.17, 15) is 4.79 Å². The Kier molecular flexibility index (Phi) is 3.42. The number of fused-ring (bicyclic) bond motifs is 1. The second-order valence-corrected chi connectivity index (χ2v) is 4.94. The fourth-order valence-electron chi connectivity index (χ4n) is 2.64. The quantitative estimate of drug-likeness (QED) is 0.799. The first-order chi connectivity index (χ1) is 9.80. The molecule has 0 spiro atoms. The van der Waals surface area contributed by atoms with Crippen LogP contribution in [0.25, 0.3) is 0 Å². The Bertz CT molecular complexity index is 609. The van der Waals surface area contributed by atoms with Crippen molar-refractivity contribution in [1.29, 1.82) is 0 Å². The van der Waals surface area contributed by atoms with E-state index < -0.39 is 0 Å². The molecule has 0 atom stereocenters. The molecule has 2 aromatic carbocycles. The van der Waals surface area contributed by atoms with Gasteiger partial charge in [-0.25, -0.2) is 0 Å². The summed E-state index contributed by atoms with van der Waals surface area (Å²) >= 11 is 0. The van der Waals surface area contributed by atoms with E-state index in [4.69, 9.17) is 9.47 Å². The minimum Gasteiger partial charge on any atom is -0.493 e. The van der Waals surface area contributed by atoms with Gasteiger partial charge in [-0.05, 0) is 29.3 Å². The van der Waals surface area contributed by atoms with Crippen molar-refractivity contribution in [3.8, 4) is 11.5 Å². The monoisotopic (exact) mass is 268 g/mol. The summed E-state index contributed by atoms with van der Waals surface area (Å²) in [6.45, 7) is 0. The minimum absolute atomic E-state index is 0.100. The van der Waals surface area contributed by atoms with E-state index in [2.05, 4.69) is 24.3 Å². The molecule has 1 aliphatic carbocycles. The van der Waals surface area contributed by atoms with E-state index in [0.29, 0.717) is 17.1 Å². The maximum absolute atomic E-state index is 10.9. The number of aldehydes is 1. The first-order valence-electron chi connectivity index (χ1n) is 6.67. The van der Waals surface area contributed by atoms with Gasteiger partial charge in [-0.15, -0.1) is 0 Å². The summed E-state index contributed by atoms with van der Waals surface area (Å²) in [6.07, 6.45) is 2.70. The Morgan fingerprint density at radius 3 is 2.35 bits per heavy atom. The third kappa shape index (κ3) is 2.39. The number of hydrogen-bond donors (Lipinski definition) is 0. The van der Waals surface area contributed by atoms with E-state index in [1.165, 1.54) is 11.1 Å². The van der Waals surface area contributed by atoms with Crippen LogP contribution in [0, 0.1) is 0 Å². The maximum atomic E-state index is 10.9. The fraction of sp³-hybridized carbons (Fsp3) is 0.235. The van der Waals surface area contributed by atoms with Crippen molar-refractivity contribution in [2.24, 2.45) is 0 Å². The summed E-state index contributed by atoms with van der Waals surface area (Å²) in [7, 11) is 1.60. The number of benzene rings is 2. The van der Waals surface area contributed by atoms with E-state index in [1.807, 2.05) is 0 Å². The molecule has 0 heterocycles. The Hall–Kier alpha value is -2.29. The Balaban J connectivity index is 1.81. The van der Waals surface area contributed by atoms with Crippen LogP contribution in [0.2, 0.25) is 0 Å². The number of methoxy groups -OCH3 is 1. The molecule has 1 aliphatic rings. The van der Waals surface area contributed by atoms with Gasteiger partial charge in [0.05, 0.1) is 7.11 Å². The first kappa shape index (κ1) is 12.7. The molecule has 102 valence electrons. The molecule has 0 bridgehead atoms. The van der Waals surface area contributed by atoms with Crippen LogP contribution in [-0.4, -0.2) is 19.5 Å². The first-order valence-corrected chi connectivity index (χ1v) is 6.67. The molecule has 0 unspecified atom stereocenters.